The predicted octanol–water partition coefficient (Wildman–Crippen LogP) is 2.06. The molecule has 3 rings (SSSR count). The van der Waals surface area contributed by atoms with Crippen LogP contribution < -0.4 is 0 Å². The van der Waals surface area contributed by atoms with Gasteiger partial charge in [-0.15, -0.1) is 0 Å². The van der Waals surface area contributed by atoms with E-state index in [2.05, 4.69) is 0 Å². The molecule has 0 aromatic heterocycles. The molecular formula is C12H12ClNO2. The minimum Gasteiger partial charge on any atom is -0.368 e. The van der Waals surface area contributed by atoms with Gasteiger partial charge < -0.3 is 4.74 Å². The molecule has 16 heavy (non-hydrogen) atoms. The number of carbonyl (C=O) groups excluding carboxylic acids is 1. The van der Waals surface area contributed by atoms with E-state index in [9.17, 15) is 4.79 Å². The molecule has 2 heterocycles. The maximum atomic E-state index is 12.0. The summed E-state index contributed by atoms with van der Waals surface area (Å²) in [5.41, 5.74) is 1.67. The first-order chi connectivity index (χ1) is 7.62. The van der Waals surface area contributed by atoms with E-state index in [-0.39, 0.29) is 11.8 Å². The number of fused-ring (bicyclic) bond motifs is 3. The first-order valence-corrected chi connectivity index (χ1v) is 5.64. The van der Waals surface area contributed by atoms with Crippen molar-refractivity contribution in [1.82, 2.24) is 4.42 Å². The molecule has 2 unspecified atom stereocenters. The quantitative estimate of drug-likeness (QED) is 0.647. The minimum atomic E-state index is -0.479. The van der Waals surface area contributed by atoms with Crippen molar-refractivity contribution in [1.29, 1.82) is 0 Å². The smallest absolute Gasteiger partial charge is 0.247 e. The lowest BCUT2D eigenvalue weighted by Gasteiger charge is -2.35. The number of hydrogen-bond acceptors (Lipinski definition) is 2. The second-order valence-electron chi connectivity index (χ2n) is 4.59. The molecule has 1 aromatic carbocycles. The monoisotopic (exact) mass is 237 g/mol. The van der Waals surface area contributed by atoms with E-state index in [0.29, 0.717) is 13.2 Å². The zero-order valence-corrected chi connectivity index (χ0v) is 9.70. The van der Waals surface area contributed by atoms with Gasteiger partial charge >= 0.3 is 0 Å². The maximum absolute atomic E-state index is 12.0. The summed E-state index contributed by atoms with van der Waals surface area (Å²) in [5.74, 6) is -0.314. The number of amides is 1. The lowest BCUT2D eigenvalue weighted by Crippen LogP contribution is -2.40. The van der Waals surface area contributed by atoms with E-state index in [1.165, 1.54) is 4.42 Å². The fourth-order valence-electron chi connectivity index (χ4n) is 2.63. The fourth-order valence-corrected chi connectivity index (χ4v) is 2.96. The van der Waals surface area contributed by atoms with Crippen LogP contribution in [0.5, 0.6) is 0 Å². The van der Waals surface area contributed by atoms with Gasteiger partial charge in [-0.1, -0.05) is 24.3 Å². The highest BCUT2D eigenvalue weighted by Gasteiger charge is 2.53. The first kappa shape index (κ1) is 10.1. The molecule has 0 N–H and O–H groups in total. The molecule has 1 aromatic rings. The summed E-state index contributed by atoms with van der Waals surface area (Å²) in [7, 11) is 0. The van der Waals surface area contributed by atoms with E-state index >= 15 is 0 Å². The zero-order chi connectivity index (χ0) is 11.3. The number of rotatable bonds is 0. The van der Waals surface area contributed by atoms with Crippen molar-refractivity contribution in [3.8, 4) is 0 Å². The summed E-state index contributed by atoms with van der Waals surface area (Å²) in [5, 5.41) is 0. The van der Waals surface area contributed by atoms with Crippen LogP contribution in [0.1, 0.15) is 24.0 Å². The minimum absolute atomic E-state index is 0.0590. The summed E-state index contributed by atoms with van der Waals surface area (Å²) in [6.45, 7) is 2.96. The summed E-state index contributed by atoms with van der Waals surface area (Å²) >= 11 is 5.90. The van der Waals surface area contributed by atoms with Gasteiger partial charge in [0.15, 0.2) is 0 Å². The van der Waals surface area contributed by atoms with E-state index in [1.807, 2.05) is 31.2 Å². The molecule has 2 aliphatic rings. The van der Waals surface area contributed by atoms with Crippen molar-refractivity contribution < 1.29 is 9.53 Å². The molecule has 0 aliphatic carbocycles. The molecule has 1 amide bonds. The summed E-state index contributed by atoms with van der Waals surface area (Å²) in [4.78, 5) is 12.0. The molecule has 3 nitrogen and oxygen atoms in total. The van der Waals surface area contributed by atoms with Gasteiger partial charge in [0.25, 0.3) is 0 Å². The van der Waals surface area contributed by atoms with Crippen molar-refractivity contribution in [2.75, 3.05) is 6.54 Å². The van der Waals surface area contributed by atoms with Crippen LogP contribution in [0.3, 0.4) is 0 Å². The average Bonchev–Trinajstić information content (AvgIpc) is 2.50. The topological polar surface area (TPSA) is 29.5 Å². The zero-order valence-electron chi connectivity index (χ0n) is 8.94. The van der Waals surface area contributed by atoms with Crippen molar-refractivity contribution in [2.24, 2.45) is 0 Å². The molecule has 84 valence electrons. The molecule has 1 fully saturated rings. The van der Waals surface area contributed by atoms with Gasteiger partial charge in [-0.3, -0.25) is 9.21 Å². The van der Waals surface area contributed by atoms with Crippen molar-refractivity contribution >= 4 is 17.7 Å². The van der Waals surface area contributed by atoms with Crippen LogP contribution >= 0.6 is 11.8 Å². The Morgan fingerprint density at radius 2 is 2.25 bits per heavy atom. The van der Waals surface area contributed by atoms with Gasteiger partial charge in [0, 0.05) is 11.8 Å². The highest BCUT2D eigenvalue weighted by molar-refractivity contribution is 6.23. The third kappa shape index (κ3) is 1.22. The summed E-state index contributed by atoms with van der Waals surface area (Å²) in [6.07, 6.45) is 0. The Hall–Kier alpha value is -1.06. The summed E-state index contributed by atoms with van der Waals surface area (Å²) in [6, 6.07) is 7.91. The van der Waals surface area contributed by atoms with Crippen LogP contribution in [0.2, 0.25) is 0 Å². The molecule has 1 saturated heterocycles. The van der Waals surface area contributed by atoms with Crippen molar-refractivity contribution in [3.05, 3.63) is 35.4 Å². The van der Waals surface area contributed by atoms with Crippen LogP contribution in [-0.2, 0) is 16.1 Å². The van der Waals surface area contributed by atoms with Crippen LogP contribution in [0.25, 0.3) is 0 Å². The van der Waals surface area contributed by atoms with Gasteiger partial charge in [-0.25, -0.2) is 0 Å². The van der Waals surface area contributed by atoms with Gasteiger partial charge in [0.2, 0.25) is 5.91 Å². The first-order valence-electron chi connectivity index (χ1n) is 5.31. The number of nitrogens with zero attached hydrogens (tertiary/aromatic N) is 1. The number of ether oxygens (including phenoxy) is 1. The Morgan fingerprint density at radius 1 is 1.50 bits per heavy atom. The maximum Gasteiger partial charge on any atom is 0.247 e. The largest absolute Gasteiger partial charge is 0.368 e. The number of hydrogen-bond donors (Lipinski definition) is 0. The van der Waals surface area contributed by atoms with E-state index < -0.39 is 5.60 Å². The molecular weight excluding hydrogens is 226 g/mol. The lowest BCUT2D eigenvalue weighted by atomic mass is 9.81. The predicted molar refractivity (Wildman–Crippen MR) is 59.9 cm³/mol. The Balaban J connectivity index is 2.15. The molecule has 2 aliphatic heterocycles. The van der Waals surface area contributed by atoms with Gasteiger partial charge in [0.05, 0.1) is 19.1 Å². The second-order valence-corrected chi connectivity index (χ2v) is 5.00. The third-order valence-electron chi connectivity index (χ3n) is 3.47. The van der Waals surface area contributed by atoms with Crippen LogP contribution in [0, 0.1) is 0 Å². The fraction of sp³-hybridized carbons (Fsp3) is 0.417. The number of halogens is 1. The van der Waals surface area contributed by atoms with Gasteiger partial charge in [-0.05, 0) is 18.1 Å². The van der Waals surface area contributed by atoms with E-state index in [0.717, 1.165) is 11.1 Å². The Morgan fingerprint density at radius 3 is 3.06 bits per heavy atom. The SMILES string of the molecule is CC12CN(Cl)C(=O)C1c1ccccc1CO2. The Kier molecular flexibility index (Phi) is 2.03. The summed E-state index contributed by atoms with van der Waals surface area (Å²) < 4.78 is 7.05. The number of carbonyl (C=O) groups is 1. The van der Waals surface area contributed by atoms with Crippen LogP contribution in [-0.4, -0.2) is 22.5 Å². The van der Waals surface area contributed by atoms with Crippen LogP contribution in [0.15, 0.2) is 24.3 Å². The Labute approximate surface area is 99.1 Å². The van der Waals surface area contributed by atoms with Crippen molar-refractivity contribution in [3.63, 3.8) is 0 Å². The van der Waals surface area contributed by atoms with E-state index in [4.69, 9.17) is 16.5 Å². The Bertz CT molecular complexity index is 462. The standard InChI is InChI=1S/C12H12ClNO2/c1-12-7-14(13)11(15)10(12)9-5-3-2-4-8(9)6-16-12/h2-5,10H,6-7H2,1H3. The number of benzene rings is 1. The lowest BCUT2D eigenvalue weighted by molar-refractivity contribution is -0.127. The van der Waals surface area contributed by atoms with Crippen molar-refractivity contribution in [2.45, 2.75) is 25.0 Å². The molecule has 2 atom stereocenters. The molecule has 0 spiro atoms. The average molecular weight is 238 g/mol. The highest BCUT2D eigenvalue weighted by Crippen LogP contribution is 2.45. The molecule has 0 radical (unpaired) electrons. The third-order valence-corrected chi connectivity index (χ3v) is 3.76. The molecule has 4 heteroatoms. The van der Waals surface area contributed by atoms with Gasteiger partial charge in [0.1, 0.15) is 5.60 Å². The second kappa shape index (κ2) is 3.22. The highest BCUT2D eigenvalue weighted by atomic mass is 35.5. The van der Waals surface area contributed by atoms with E-state index in [1.54, 1.807) is 0 Å². The van der Waals surface area contributed by atoms with Crippen LogP contribution in [0.4, 0.5) is 0 Å². The molecule has 0 saturated carbocycles. The van der Waals surface area contributed by atoms with Gasteiger partial charge in [-0.2, -0.15) is 0 Å². The normalized spacial score (nSPS) is 32.5. The molecule has 0 bridgehead atoms.